The lowest BCUT2D eigenvalue weighted by Gasteiger charge is -2.01. The number of ketones is 1. The molecule has 0 aliphatic heterocycles. The maximum atomic E-state index is 12.7. The van der Waals surface area contributed by atoms with Crippen LogP contribution in [0.4, 0.5) is 4.39 Å². The third-order valence-electron chi connectivity index (χ3n) is 1.62. The van der Waals surface area contributed by atoms with Crippen LogP contribution in [0.15, 0.2) is 18.2 Å². The molecule has 0 aliphatic rings. The van der Waals surface area contributed by atoms with Gasteiger partial charge in [-0.15, -0.1) is 0 Å². The highest BCUT2D eigenvalue weighted by Gasteiger charge is 2.07. The van der Waals surface area contributed by atoms with Gasteiger partial charge in [0.15, 0.2) is 5.78 Å². The van der Waals surface area contributed by atoms with Gasteiger partial charge in [-0.25, -0.2) is 4.39 Å². The molecule has 0 saturated carbocycles. The number of carbonyl (C=O) groups excluding carboxylic acids is 1. The third kappa shape index (κ3) is 1.91. The van der Waals surface area contributed by atoms with E-state index in [1.165, 1.54) is 12.1 Å². The Morgan fingerprint density at radius 2 is 2.25 bits per heavy atom. The van der Waals surface area contributed by atoms with E-state index in [4.69, 9.17) is 0 Å². The van der Waals surface area contributed by atoms with Gasteiger partial charge >= 0.3 is 0 Å². The number of aryl methyl sites for hydroxylation is 1. The molecule has 0 aromatic heterocycles. The minimum Gasteiger partial charge on any atom is -0.293 e. The Morgan fingerprint density at radius 3 is 2.83 bits per heavy atom. The monoisotopic (exact) mass is 230 g/mol. The van der Waals surface area contributed by atoms with E-state index in [1.54, 1.807) is 13.0 Å². The first-order valence-electron chi connectivity index (χ1n) is 3.50. The summed E-state index contributed by atoms with van der Waals surface area (Å²) in [7, 11) is 0. The Balaban J connectivity index is 3.13. The smallest absolute Gasteiger partial charge is 0.173 e. The number of hydrogen-bond acceptors (Lipinski definition) is 1. The van der Waals surface area contributed by atoms with Crippen molar-refractivity contribution in [1.82, 2.24) is 0 Å². The molecule has 0 heterocycles. The highest BCUT2D eigenvalue weighted by molar-refractivity contribution is 9.09. The lowest BCUT2D eigenvalue weighted by Crippen LogP contribution is -2.02. The second kappa shape index (κ2) is 3.81. The van der Waals surface area contributed by atoms with Crippen molar-refractivity contribution in [3.8, 4) is 0 Å². The highest BCUT2D eigenvalue weighted by atomic mass is 79.9. The summed E-state index contributed by atoms with van der Waals surface area (Å²) in [4.78, 5) is 11.2. The Labute approximate surface area is 78.7 Å². The molecule has 12 heavy (non-hydrogen) atoms. The summed E-state index contributed by atoms with van der Waals surface area (Å²) in [6, 6.07) is 4.21. The van der Waals surface area contributed by atoms with Crippen LogP contribution in [0.3, 0.4) is 0 Å². The van der Waals surface area contributed by atoms with Crippen LogP contribution in [-0.2, 0) is 0 Å². The average Bonchev–Trinajstić information content (AvgIpc) is 2.08. The van der Waals surface area contributed by atoms with Gasteiger partial charge in [0.25, 0.3) is 0 Å². The lowest BCUT2D eigenvalue weighted by atomic mass is 10.1. The summed E-state index contributed by atoms with van der Waals surface area (Å²) in [5.74, 6) is -0.461. The fourth-order valence-electron chi connectivity index (χ4n) is 0.967. The molecule has 0 radical (unpaired) electrons. The number of Topliss-reactive ketones (excluding diaryl/α,β-unsaturated/α-hetero) is 1. The van der Waals surface area contributed by atoms with Gasteiger partial charge in [0.2, 0.25) is 0 Å². The molecular formula is C9H8BrFO. The molecule has 0 atom stereocenters. The quantitative estimate of drug-likeness (QED) is 0.564. The van der Waals surface area contributed by atoms with E-state index in [-0.39, 0.29) is 16.9 Å². The molecule has 1 nitrogen and oxygen atoms in total. The zero-order chi connectivity index (χ0) is 9.14. The van der Waals surface area contributed by atoms with Gasteiger partial charge in [-0.2, -0.15) is 0 Å². The van der Waals surface area contributed by atoms with E-state index in [1.807, 2.05) is 0 Å². The molecule has 0 saturated heterocycles. The Kier molecular flexibility index (Phi) is 2.98. The molecule has 1 aromatic rings. The van der Waals surface area contributed by atoms with Gasteiger partial charge in [0.05, 0.1) is 5.33 Å². The molecular weight excluding hydrogens is 223 g/mol. The SMILES string of the molecule is Cc1ccc(F)cc1C(=O)CBr. The van der Waals surface area contributed by atoms with Gasteiger partial charge in [-0.1, -0.05) is 22.0 Å². The van der Waals surface area contributed by atoms with Crippen LogP contribution in [-0.4, -0.2) is 11.1 Å². The maximum Gasteiger partial charge on any atom is 0.173 e. The minimum absolute atomic E-state index is 0.0907. The summed E-state index contributed by atoms with van der Waals surface area (Å²) in [6.45, 7) is 1.79. The number of hydrogen-bond donors (Lipinski definition) is 0. The molecule has 0 N–H and O–H groups in total. The molecule has 64 valence electrons. The summed E-state index contributed by atoms with van der Waals surface area (Å²) in [6.07, 6.45) is 0. The van der Waals surface area contributed by atoms with E-state index in [9.17, 15) is 9.18 Å². The Bertz CT molecular complexity index is 309. The van der Waals surface area contributed by atoms with Crippen molar-refractivity contribution in [1.29, 1.82) is 0 Å². The van der Waals surface area contributed by atoms with Gasteiger partial charge < -0.3 is 0 Å². The van der Waals surface area contributed by atoms with E-state index in [0.29, 0.717) is 5.56 Å². The predicted molar refractivity (Wildman–Crippen MR) is 49.3 cm³/mol. The summed E-state index contributed by atoms with van der Waals surface area (Å²) >= 11 is 3.04. The topological polar surface area (TPSA) is 17.1 Å². The third-order valence-corrected chi connectivity index (χ3v) is 2.13. The molecule has 0 spiro atoms. The van der Waals surface area contributed by atoms with Crippen molar-refractivity contribution in [2.75, 3.05) is 5.33 Å². The first-order valence-corrected chi connectivity index (χ1v) is 4.62. The van der Waals surface area contributed by atoms with E-state index in [0.717, 1.165) is 5.56 Å². The van der Waals surface area contributed by atoms with Crippen LogP contribution >= 0.6 is 15.9 Å². The van der Waals surface area contributed by atoms with Gasteiger partial charge in [0.1, 0.15) is 5.82 Å². The number of halogens is 2. The van der Waals surface area contributed by atoms with E-state index < -0.39 is 0 Å². The van der Waals surface area contributed by atoms with Crippen molar-refractivity contribution in [2.45, 2.75) is 6.92 Å². The fourth-order valence-corrected chi connectivity index (χ4v) is 1.27. The molecule has 0 unspecified atom stereocenters. The molecule has 1 aromatic carbocycles. The zero-order valence-electron chi connectivity index (χ0n) is 6.60. The van der Waals surface area contributed by atoms with E-state index in [2.05, 4.69) is 15.9 Å². The summed E-state index contributed by atoms with van der Waals surface area (Å²) < 4.78 is 12.7. The molecule has 3 heteroatoms. The normalized spacial score (nSPS) is 9.92. The second-order valence-corrected chi connectivity index (χ2v) is 3.08. The van der Waals surface area contributed by atoms with Crippen LogP contribution in [0.1, 0.15) is 15.9 Å². The van der Waals surface area contributed by atoms with Crippen molar-refractivity contribution < 1.29 is 9.18 Å². The molecule has 0 bridgehead atoms. The van der Waals surface area contributed by atoms with Crippen molar-refractivity contribution in [2.24, 2.45) is 0 Å². The number of benzene rings is 1. The van der Waals surface area contributed by atoms with Crippen LogP contribution in [0.2, 0.25) is 0 Å². The molecule has 0 amide bonds. The summed E-state index contributed by atoms with van der Waals surface area (Å²) in [5.41, 5.74) is 1.26. The molecule has 1 rings (SSSR count). The summed E-state index contributed by atoms with van der Waals surface area (Å²) in [5, 5.41) is 0.233. The van der Waals surface area contributed by atoms with Crippen molar-refractivity contribution >= 4 is 21.7 Å². The van der Waals surface area contributed by atoms with Crippen molar-refractivity contribution in [3.05, 3.63) is 35.1 Å². The largest absolute Gasteiger partial charge is 0.293 e. The number of rotatable bonds is 2. The highest BCUT2D eigenvalue weighted by Crippen LogP contribution is 2.11. The Hall–Kier alpha value is -0.700. The lowest BCUT2D eigenvalue weighted by molar-refractivity contribution is 0.102. The van der Waals surface area contributed by atoms with Crippen molar-refractivity contribution in [3.63, 3.8) is 0 Å². The molecule has 0 fully saturated rings. The number of alkyl halides is 1. The number of carbonyl (C=O) groups is 1. The van der Waals surface area contributed by atoms with Gasteiger partial charge in [-0.3, -0.25) is 4.79 Å². The van der Waals surface area contributed by atoms with Crippen LogP contribution in [0.25, 0.3) is 0 Å². The second-order valence-electron chi connectivity index (χ2n) is 2.52. The first kappa shape index (κ1) is 9.39. The van der Waals surface area contributed by atoms with Crippen LogP contribution in [0, 0.1) is 12.7 Å². The zero-order valence-corrected chi connectivity index (χ0v) is 8.19. The fraction of sp³-hybridized carbons (Fsp3) is 0.222. The Morgan fingerprint density at radius 1 is 1.58 bits per heavy atom. The van der Waals surface area contributed by atoms with Gasteiger partial charge in [0, 0.05) is 5.56 Å². The van der Waals surface area contributed by atoms with Gasteiger partial charge in [-0.05, 0) is 24.6 Å². The maximum absolute atomic E-state index is 12.7. The van der Waals surface area contributed by atoms with Crippen LogP contribution in [0.5, 0.6) is 0 Å². The van der Waals surface area contributed by atoms with E-state index >= 15 is 0 Å². The minimum atomic E-state index is -0.370. The average molecular weight is 231 g/mol. The predicted octanol–water partition coefficient (Wildman–Crippen LogP) is 2.71. The van der Waals surface area contributed by atoms with Crippen LogP contribution < -0.4 is 0 Å². The standard InChI is InChI=1S/C9H8BrFO/c1-6-2-3-7(11)4-8(6)9(12)5-10/h2-4H,5H2,1H3. The first-order chi connectivity index (χ1) is 5.65. The molecule has 0 aliphatic carbocycles.